The van der Waals surface area contributed by atoms with Gasteiger partial charge in [0.05, 0.1) is 24.4 Å². The second kappa shape index (κ2) is 10.6. The average Bonchev–Trinajstić information content (AvgIpc) is 2.64. The summed E-state index contributed by atoms with van der Waals surface area (Å²) in [4.78, 5) is 5.35. The molecule has 0 bridgehead atoms. The molecule has 2 heterocycles. The Morgan fingerprint density at radius 3 is 1.87 bits per heavy atom. The minimum absolute atomic E-state index is 0.0250. The van der Waals surface area contributed by atoms with Crippen molar-refractivity contribution in [1.29, 1.82) is 0 Å². The number of rotatable bonds is 8. The first-order valence-corrected chi connectivity index (χ1v) is 12.8. The van der Waals surface area contributed by atoms with Crippen LogP contribution in [0.2, 0.25) is 0 Å². The Labute approximate surface area is 187 Å². The van der Waals surface area contributed by atoms with E-state index < -0.39 is 0 Å². The lowest BCUT2D eigenvalue weighted by Gasteiger charge is -2.40. The van der Waals surface area contributed by atoms with Crippen molar-refractivity contribution >= 4 is 0 Å². The fourth-order valence-electron chi connectivity index (χ4n) is 5.48. The third kappa shape index (κ3) is 8.07. The summed E-state index contributed by atoms with van der Waals surface area (Å²) in [5.41, 5.74) is 0.464. The third-order valence-corrected chi connectivity index (χ3v) is 7.71. The van der Waals surface area contributed by atoms with Gasteiger partial charge in [0, 0.05) is 6.54 Å². The van der Waals surface area contributed by atoms with Crippen molar-refractivity contribution in [2.45, 2.75) is 104 Å². The maximum Gasteiger partial charge on any atom is 0.0631 e. The van der Waals surface area contributed by atoms with Gasteiger partial charge < -0.3 is 19.3 Å². The second-order valence-corrected chi connectivity index (χ2v) is 12.4. The highest BCUT2D eigenvalue weighted by Crippen LogP contribution is 2.34. The predicted octanol–water partition coefficient (Wildman–Crippen LogP) is 5.21. The lowest BCUT2D eigenvalue weighted by molar-refractivity contribution is -0.149. The maximum atomic E-state index is 6.08. The molecule has 0 aromatic rings. The van der Waals surface area contributed by atoms with Crippen LogP contribution in [0.15, 0.2) is 0 Å². The zero-order valence-corrected chi connectivity index (χ0v) is 20.9. The first-order chi connectivity index (χ1) is 14.1. The van der Waals surface area contributed by atoms with Gasteiger partial charge >= 0.3 is 0 Å². The Balaban J connectivity index is 1.19. The van der Waals surface area contributed by atoms with E-state index in [4.69, 9.17) is 9.47 Å². The molecule has 0 atom stereocenters. The maximum absolute atomic E-state index is 6.08. The van der Waals surface area contributed by atoms with Crippen LogP contribution in [-0.4, -0.2) is 73.5 Å². The smallest absolute Gasteiger partial charge is 0.0631 e. The van der Waals surface area contributed by atoms with Gasteiger partial charge in [-0.15, -0.1) is 0 Å². The summed E-state index contributed by atoms with van der Waals surface area (Å²) < 4.78 is 12.1. The summed E-state index contributed by atoms with van der Waals surface area (Å²) in [6, 6.07) is 0. The van der Waals surface area contributed by atoms with Crippen molar-refractivity contribution < 1.29 is 9.47 Å². The Morgan fingerprint density at radius 2 is 1.30 bits per heavy atom. The van der Waals surface area contributed by atoms with Gasteiger partial charge in [0.2, 0.25) is 0 Å². The minimum atomic E-state index is -0.0250. The SMILES string of the molecule is CC(C)(C)OC1CC(OCCN2CCC(CCN3CCC(C(C)(C)C)CC3)CC2)C1. The van der Waals surface area contributed by atoms with Crippen LogP contribution < -0.4 is 0 Å². The molecule has 0 N–H and O–H groups in total. The lowest BCUT2D eigenvalue weighted by Crippen LogP contribution is -2.43. The summed E-state index contributed by atoms with van der Waals surface area (Å²) in [5.74, 6) is 1.85. The topological polar surface area (TPSA) is 24.9 Å². The molecule has 0 amide bonds. The van der Waals surface area contributed by atoms with Crippen LogP contribution in [0.5, 0.6) is 0 Å². The summed E-state index contributed by atoms with van der Waals surface area (Å²) >= 11 is 0. The Hall–Kier alpha value is -0.160. The van der Waals surface area contributed by atoms with Crippen molar-refractivity contribution in [1.82, 2.24) is 9.80 Å². The predicted molar refractivity (Wildman–Crippen MR) is 126 cm³/mol. The Bertz CT molecular complexity index is 488. The second-order valence-electron chi connectivity index (χ2n) is 12.4. The molecule has 0 radical (unpaired) electrons. The van der Waals surface area contributed by atoms with E-state index >= 15 is 0 Å². The van der Waals surface area contributed by atoms with Gasteiger partial charge in [0.15, 0.2) is 0 Å². The van der Waals surface area contributed by atoms with E-state index in [1.165, 1.54) is 64.8 Å². The van der Waals surface area contributed by atoms with Gasteiger partial charge in [-0.2, -0.15) is 0 Å². The third-order valence-electron chi connectivity index (χ3n) is 7.71. The Morgan fingerprint density at radius 1 is 0.733 bits per heavy atom. The van der Waals surface area contributed by atoms with Crippen LogP contribution >= 0.6 is 0 Å². The molecule has 0 spiro atoms. The van der Waals surface area contributed by atoms with E-state index in [9.17, 15) is 0 Å². The van der Waals surface area contributed by atoms with Gasteiger partial charge in [0.1, 0.15) is 0 Å². The summed E-state index contributed by atoms with van der Waals surface area (Å²) in [6.07, 6.45) is 9.94. The fourth-order valence-corrected chi connectivity index (χ4v) is 5.48. The molecule has 30 heavy (non-hydrogen) atoms. The van der Waals surface area contributed by atoms with Gasteiger partial charge in [-0.1, -0.05) is 20.8 Å². The van der Waals surface area contributed by atoms with Crippen LogP contribution in [-0.2, 0) is 9.47 Å². The average molecular weight is 423 g/mol. The summed E-state index contributed by atoms with van der Waals surface area (Å²) in [7, 11) is 0. The molecule has 2 aliphatic heterocycles. The molecule has 1 saturated carbocycles. The van der Waals surface area contributed by atoms with Gasteiger partial charge in [0.25, 0.3) is 0 Å². The highest BCUT2D eigenvalue weighted by atomic mass is 16.5. The number of likely N-dealkylation sites (tertiary alicyclic amines) is 2. The number of piperidine rings is 2. The van der Waals surface area contributed by atoms with Crippen LogP contribution in [0, 0.1) is 17.3 Å². The van der Waals surface area contributed by atoms with E-state index in [0.717, 1.165) is 37.8 Å². The summed E-state index contributed by atoms with van der Waals surface area (Å²) in [5, 5.41) is 0. The molecule has 0 unspecified atom stereocenters. The Kier molecular flexibility index (Phi) is 8.68. The van der Waals surface area contributed by atoms with E-state index in [1.807, 2.05) is 0 Å². The molecular weight excluding hydrogens is 372 g/mol. The van der Waals surface area contributed by atoms with E-state index in [-0.39, 0.29) is 5.60 Å². The monoisotopic (exact) mass is 422 g/mol. The molecule has 4 nitrogen and oxygen atoms in total. The lowest BCUT2D eigenvalue weighted by atomic mass is 9.75. The van der Waals surface area contributed by atoms with Crippen molar-refractivity contribution in [2.24, 2.45) is 17.3 Å². The van der Waals surface area contributed by atoms with Crippen molar-refractivity contribution in [3.63, 3.8) is 0 Å². The molecule has 3 fully saturated rings. The van der Waals surface area contributed by atoms with E-state index in [0.29, 0.717) is 17.6 Å². The van der Waals surface area contributed by atoms with Crippen molar-refractivity contribution in [3.05, 3.63) is 0 Å². The van der Waals surface area contributed by atoms with E-state index in [1.54, 1.807) is 0 Å². The molecule has 176 valence electrons. The number of hydrogen-bond donors (Lipinski definition) is 0. The van der Waals surface area contributed by atoms with Crippen molar-refractivity contribution in [3.8, 4) is 0 Å². The molecule has 2 saturated heterocycles. The molecule has 3 aliphatic rings. The molecule has 1 aliphatic carbocycles. The molecule has 4 heteroatoms. The number of ether oxygens (including phenoxy) is 2. The fraction of sp³-hybridized carbons (Fsp3) is 1.00. The van der Waals surface area contributed by atoms with Crippen LogP contribution in [0.25, 0.3) is 0 Å². The van der Waals surface area contributed by atoms with Gasteiger partial charge in [-0.05, 0) is 116 Å². The number of nitrogens with zero attached hydrogens (tertiary/aromatic N) is 2. The summed E-state index contributed by atoms with van der Waals surface area (Å²) in [6.45, 7) is 22.1. The molecular formula is C26H50N2O2. The standard InChI is InChI=1S/C26H50N2O2/c1-25(2,3)22-10-15-27(16-11-22)12-7-21-8-13-28(14-9-21)17-18-29-23-19-24(20-23)30-26(4,5)6/h21-24H,7-20H2,1-6H3. The van der Waals surface area contributed by atoms with Gasteiger partial charge in [-0.3, -0.25) is 0 Å². The first kappa shape index (κ1) is 24.5. The number of hydrogen-bond acceptors (Lipinski definition) is 4. The first-order valence-electron chi connectivity index (χ1n) is 12.8. The zero-order chi connectivity index (χ0) is 21.8. The highest BCUT2D eigenvalue weighted by Gasteiger charge is 2.34. The molecule has 0 aromatic carbocycles. The minimum Gasteiger partial charge on any atom is -0.377 e. The molecule has 3 rings (SSSR count). The quantitative estimate of drug-likeness (QED) is 0.536. The highest BCUT2D eigenvalue weighted by molar-refractivity contribution is 4.84. The van der Waals surface area contributed by atoms with E-state index in [2.05, 4.69) is 51.3 Å². The van der Waals surface area contributed by atoms with Crippen LogP contribution in [0.4, 0.5) is 0 Å². The van der Waals surface area contributed by atoms with Crippen LogP contribution in [0.1, 0.15) is 86.5 Å². The normalized spacial score (nSPS) is 28.6. The zero-order valence-electron chi connectivity index (χ0n) is 20.9. The largest absolute Gasteiger partial charge is 0.377 e. The molecule has 0 aromatic heterocycles. The van der Waals surface area contributed by atoms with Gasteiger partial charge in [-0.25, -0.2) is 0 Å². The van der Waals surface area contributed by atoms with Crippen molar-refractivity contribution in [2.75, 3.05) is 45.9 Å². The van der Waals surface area contributed by atoms with Crippen LogP contribution in [0.3, 0.4) is 0 Å².